The summed E-state index contributed by atoms with van der Waals surface area (Å²) in [6.07, 6.45) is 0.447. The SMILES string of the molecule is Cc1ccc(C)c(NC(=O)CN(C)C(=O)C2=NN(c3cc(C)ccc3C)C(=O)CC2)c1. The van der Waals surface area contributed by atoms with Gasteiger partial charge in [0.25, 0.3) is 5.91 Å². The van der Waals surface area contributed by atoms with E-state index in [2.05, 4.69) is 10.4 Å². The summed E-state index contributed by atoms with van der Waals surface area (Å²) in [6, 6.07) is 11.6. The van der Waals surface area contributed by atoms with Crippen LogP contribution in [-0.4, -0.2) is 41.9 Å². The first kappa shape index (κ1) is 22.2. The number of carbonyl (C=O) groups is 3. The summed E-state index contributed by atoms with van der Waals surface area (Å²) in [6.45, 7) is 7.60. The summed E-state index contributed by atoms with van der Waals surface area (Å²) >= 11 is 0. The molecule has 0 aromatic heterocycles. The molecule has 7 heteroatoms. The third-order valence-corrected chi connectivity index (χ3v) is 5.27. The van der Waals surface area contributed by atoms with Crippen molar-refractivity contribution in [2.24, 2.45) is 5.10 Å². The van der Waals surface area contributed by atoms with Crippen LogP contribution in [0.4, 0.5) is 11.4 Å². The fourth-order valence-corrected chi connectivity index (χ4v) is 3.41. The molecule has 0 radical (unpaired) electrons. The second kappa shape index (κ2) is 9.12. The zero-order chi connectivity index (χ0) is 22.7. The van der Waals surface area contributed by atoms with E-state index in [1.807, 2.05) is 64.1 Å². The van der Waals surface area contributed by atoms with Crippen LogP contribution in [-0.2, 0) is 14.4 Å². The summed E-state index contributed by atoms with van der Waals surface area (Å²) in [5, 5.41) is 8.52. The Morgan fingerprint density at radius 3 is 2.35 bits per heavy atom. The number of nitrogens with one attached hydrogen (secondary N) is 1. The van der Waals surface area contributed by atoms with Crippen LogP contribution in [0.1, 0.15) is 35.1 Å². The van der Waals surface area contributed by atoms with Gasteiger partial charge in [0.1, 0.15) is 5.71 Å². The molecule has 3 amide bonds. The molecule has 0 unspecified atom stereocenters. The number of likely N-dealkylation sites (N-methyl/N-ethyl adjacent to an activating group) is 1. The number of rotatable bonds is 5. The molecule has 2 aromatic carbocycles. The molecule has 31 heavy (non-hydrogen) atoms. The summed E-state index contributed by atoms with van der Waals surface area (Å²) < 4.78 is 0. The van der Waals surface area contributed by atoms with Crippen LogP contribution in [0.2, 0.25) is 0 Å². The van der Waals surface area contributed by atoms with Gasteiger partial charge in [-0.3, -0.25) is 14.4 Å². The van der Waals surface area contributed by atoms with Gasteiger partial charge >= 0.3 is 0 Å². The van der Waals surface area contributed by atoms with E-state index in [1.165, 1.54) is 9.91 Å². The number of benzene rings is 2. The minimum Gasteiger partial charge on any atom is -0.331 e. The van der Waals surface area contributed by atoms with Crippen molar-refractivity contribution in [1.82, 2.24) is 4.90 Å². The van der Waals surface area contributed by atoms with E-state index >= 15 is 0 Å². The Morgan fingerprint density at radius 2 is 1.65 bits per heavy atom. The lowest BCUT2D eigenvalue weighted by Gasteiger charge is -2.26. The third-order valence-electron chi connectivity index (χ3n) is 5.27. The molecule has 2 aromatic rings. The molecule has 1 aliphatic rings. The molecule has 0 saturated heterocycles. The van der Waals surface area contributed by atoms with Gasteiger partial charge in [-0.2, -0.15) is 5.10 Å². The van der Waals surface area contributed by atoms with Crippen LogP contribution in [0.15, 0.2) is 41.5 Å². The van der Waals surface area contributed by atoms with Crippen LogP contribution in [0.5, 0.6) is 0 Å². The number of hydrazone groups is 1. The number of aryl methyl sites for hydroxylation is 4. The average Bonchev–Trinajstić information content (AvgIpc) is 2.72. The highest BCUT2D eigenvalue weighted by Gasteiger charge is 2.28. The van der Waals surface area contributed by atoms with Crippen molar-refractivity contribution in [3.8, 4) is 0 Å². The van der Waals surface area contributed by atoms with E-state index in [0.29, 0.717) is 5.69 Å². The van der Waals surface area contributed by atoms with Crippen LogP contribution < -0.4 is 10.3 Å². The summed E-state index contributed by atoms with van der Waals surface area (Å²) in [5.41, 5.74) is 5.56. The topological polar surface area (TPSA) is 82.1 Å². The van der Waals surface area contributed by atoms with Crippen LogP contribution in [0, 0.1) is 27.7 Å². The molecule has 1 heterocycles. The maximum Gasteiger partial charge on any atom is 0.270 e. The van der Waals surface area contributed by atoms with Crippen molar-refractivity contribution in [3.05, 3.63) is 58.7 Å². The number of carbonyl (C=O) groups excluding carboxylic acids is 3. The van der Waals surface area contributed by atoms with Gasteiger partial charge in [-0.15, -0.1) is 0 Å². The van der Waals surface area contributed by atoms with Gasteiger partial charge in [-0.05, 0) is 62.1 Å². The molecule has 7 nitrogen and oxygen atoms in total. The third kappa shape index (κ3) is 5.17. The van der Waals surface area contributed by atoms with E-state index in [1.54, 1.807) is 7.05 Å². The quantitative estimate of drug-likeness (QED) is 0.804. The number of amides is 3. The highest BCUT2D eigenvalue weighted by Crippen LogP contribution is 2.25. The van der Waals surface area contributed by atoms with Crippen molar-refractivity contribution in [3.63, 3.8) is 0 Å². The van der Waals surface area contributed by atoms with E-state index < -0.39 is 0 Å². The largest absolute Gasteiger partial charge is 0.331 e. The number of nitrogens with zero attached hydrogens (tertiary/aromatic N) is 3. The van der Waals surface area contributed by atoms with Gasteiger partial charge in [-0.1, -0.05) is 24.3 Å². The van der Waals surface area contributed by atoms with Crippen LogP contribution in [0.25, 0.3) is 0 Å². The van der Waals surface area contributed by atoms with Crippen molar-refractivity contribution in [2.45, 2.75) is 40.5 Å². The molecular formula is C24H28N4O3. The minimum absolute atomic E-state index is 0.108. The smallest absolute Gasteiger partial charge is 0.270 e. The van der Waals surface area contributed by atoms with E-state index in [0.717, 1.165) is 27.9 Å². The normalized spacial score (nSPS) is 13.6. The zero-order valence-electron chi connectivity index (χ0n) is 18.7. The second-order valence-electron chi connectivity index (χ2n) is 8.07. The average molecular weight is 421 g/mol. The summed E-state index contributed by atoms with van der Waals surface area (Å²) in [7, 11) is 1.56. The van der Waals surface area contributed by atoms with E-state index in [4.69, 9.17) is 0 Å². The Balaban J connectivity index is 1.73. The number of anilines is 2. The Kier molecular flexibility index (Phi) is 6.53. The molecule has 3 rings (SSSR count). The highest BCUT2D eigenvalue weighted by molar-refractivity contribution is 6.40. The number of hydrogen-bond donors (Lipinski definition) is 1. The second-order valence-corrected chi connectivity index (χ2v) is 8.07. The van der Waals surface area contributed by atoms with Gasteiger partial charge in [0.05, 0.1) is 12.2 Å². The molecule has 0 bridgehead atoms. The Morgan fingerprint density at radius 1 is 1.00 bits per heavy atom. The molecule has 0 saturated carbocycles. The first-order valence-corrected chi connectivity index (χ1v) is 10.3. The summed E-state index contributed by atoms with van der Waals surface area (Å²) in [4.78, 5) is 39.2. The van der Waals surface area contributed by atoms with Gasteiger partial charge in [0.2, 0.25) is 11.8 Å². The maximum atomic E-state index is 12.9. The van der Waals surface area contributed by atoms with Crippen molar-refractivity contribution in [1.29, 1.82) is 0 Å². The lowest BCUT2D eigenvalue weighted by molar-refractivity contribution is -0.128. The Bertz CT molecular complexity index is 1070. The fourth-order valence-electron chi connectivity index (χ4n) is 3.41. The van der Waals surface area contributed by atoms with Gasteiger partial charge in [-0.25, -0.2) is 5.01 Å². The van der Waals surface area contributed by atoms with Crippen LogP contribution in [0.3, 0.4) is 0 Å². The molecule has 0 spiro atoms. The highest BCUT2D eigenvalue weighted by atomic mass is 16.2. The fraction of sp³-hybridized carbons (Fsp3) is 0.333. The summed E-state index contributed by atoms with van der Waals surface area (Å²) in [5.74, 6) is -0.803. The molecule has 0 atom stereocenters. The maximum absolute atomic E-state index is 12.9. The van der Waals surface area contributed by atoms with Crippen molar-refractivity contribution in [2.75, 3.05) is 23.9 Å². The Hall–Kier alpha value is -3.48. The molecule has 0 aliphatic carbocycles. The van der Waals surface area contributed by atoms with E-state index in [9.17, 15) is 14.4 Å². The van der Waals surface area contributed by atoms with Crippen molar-refractivity contribution < 1.29 is 14.4 Å². The molecular weight excluding hydrogens is 392 g/mol. The molecule has 0 fully saturated rings. The van der Waals surface area contributed by atoms with Gasteiger partial charge in [0.15, 0.2) is 0 Å². The lowest BCUT2D eigenvalue weighted by atomic mass is 10.1. The first-order chi connectivity index (χ1) is 14.7. The minimum atomic E-state index is -0.362. The molecule has 1 N–H and O–H groups in total. The Labute approximate surface area is 182 Å². The van der Waals surface area contributed by atoms with Gasteiger partial charge < -0.3 is 10.2 Å². The van der Waals surface area contributed by atoms with E-state index in [-0.39, 0.29) is 42.8 Å². The predicted octanol–water partition coefficient (Wildman–Crippen LogP) is 3.50. The van der Waals surface area contributed by atoms with Crippen molar-refractivity contribution >= 4 is 34.8 Å². The first-order valence-electron chi connectivity index (χ1n) is 10.3. The number of hydrogen-bond acceptors (Lipinski definition) is 4. The lowest BCUT2D eigenvalue weighted by Crippen LogP contribution is -2.42. The van der Waals surface area contributed by atoms with Crippen LogP contribution >= 0.6 is 0 Å². The standard InChI is InChI=1S/C24H28N4O3/c1-15-6-8-17(3)20(12-15)25-22(29)14-27(5)24(31)19-10-11-23(30)28(26-19)21-13-16(2)7-9-18(21)4/h6-9,12-13H,10-11,14H2,1-5H3,(H,25,29). The van der Waals surface area contributed by atoms with Gasteiger partial charge in [0, 0.05) is 25.6 Å². The monoisotopic (exact) mass is 420 g/mol. The molecule has 1 aliphatic heterocycles. The zero-order valence-corrected chi connectivity index (χ0v) is 18.7. The predicted molar refractivity (Wildman–Crippen MR) is 122 cm³/mol. The molecule has 162 valence electrons.